The highest BCUT2D eigenvalue weighted by Gasteiger charge is 2.16. The van der Waals surface area contributed by atoms with Crippen molar-refractivity contribution in [2.75, 3.05) is 18.5 Å². The van der Waals surface area contributed by atoms with Crippen molar-refractivity contribution in [2.24, 2.45) is 0 Å². The number of rotatable bonds is 4. The number of pyridine rings is 1. The van der Waals surface area contributed by atoms with Gasteiger partial charge in [0.15, 0.2) is 23.4 Å². The Balaban J connectivity index is 1.70. The average Bonchev–Trinajstić information content (AvgIpc) is 2.56. The van der Waals surface area contributed by atoms with E-state index in [9.17, 15) is 4.79 Å². The maximum Gasteiger partial charge on any atom is 0.290 e. The van der Waals surface area contributed by atoms with E-state index in [2.05, 4.69) is 18.3 Å². The second kappa shape index (κ2) is 6.69. The van der Waals surface area contributed by atoms with Crippen LogP contribution < -0.4 is 19.4 Å². The van der Waals surface area contributed by atoms with Gasteiger partial charge < -0.3 is 14.8 Å². The zero-order chi connectivity index (χ0) is 16.2. The largest absolute Gasteiger partial charge is 0.486 e. The molecule has 1 N–H and O–H groups in total. The third-order valence-corrected chi connectivity index (χ3v) is 3.86. The van der Waals surface area contributed by atoms with Gasteiger partial charge in [0, 0.05) is 30.3 Å². The Labute approximate surface area is 135 Å². The zero-order valence-corrected chi connectivity index (χ0v) is 13.5. The van der Waals surface area contributed by atoms with Crippen molar-refractivity contribution >= 4 is 11.6 Å². The summed E-state index contributed by atoms with van der Waals surface area (Å²) in [7, 11) is 0. The predicted octanol–water partition coefficient (Wildman–Crippen LogP) is 2.25. The maximum absolute atomic E-state index is 12.3. The maximum atomic E-state index is 12.3. The third kappa shape index (κ3) is 3.62. The summed E-state index contributed by atoms with van der Waals surface area (Å²) in [4.78, 5) is 12.3. The van der Waals surface area contributed by atoms with Gasteiger partial charge >= 0.3 is 0 Å². The first-order valence-corrected chi connectivity index (χ1v) is 7.84. The topological polar surface area (TPSA) is 51.4 Å². The summed E-state index contributed by atoms with van der Waals surface area (Å²) in [5.41, 5.74) is 2.98. The van der Waals surface area contributed by atoms with Crippen molar-refractivity contribution < 1.29 is 18.8 Å². The molecule has 0 unspecified atom stereocenters. The van der Waals surface area contributed by atoms with Crippen LogP contribution in [0.5, 0.6) is 11.5 Å². The van der Waals surface area contributed by atoms with Crippen LogP contribution in [-0.4, -0.2) is 19.1 Å². The molecule has 2 aromatic rings. The second-order valence-corrected chi connectivity index (χ2v) is 5.57. The van der Waals surface area contributed by atoms with Crippen LogP contribution in [0.25, 0.3) is 0 Å². The number of benzene rings is 1. The Morgan fingerprint density at radius 1 is 1.17 bits per heavy atom. The molecule has 0 saturated carbocycles. The number of carbonyl (C=O) groups is 1. The fourth-order valence-corrected chi connectivity index (χ4v) is 2.52. The van der Waals surface area contributed by atoms with Crippen LogP contribution >= 0.6 is 0 Å². The number of nitrogens with zero attached hydrogens (tertiary/aromatic N) is 1. The highest BCUT2D eigenvalue weighted by molar-refractivity contribution is 5.90. The Morgan fingerprint density at radius 3 is 2.74 bits per heavy atom. The van der Waals surface area contributed by atoms with Crippen LogP contribution in [-0.2, 0) is 17.8 Å². The number of aryl methyl sites for hydroxylation is 2. The minimum absolute atomic E-state index is 0.0666. The second-order valence-electron chi connectivity index (χ2n) is 5.57. The molecule has 1 aromatic heterocycles. The summed E-state index contributed by atoms with van der Waals surface area (Å²) in [5.74, 6) is 1.32. The van der Waals surface area contributed by atoms with Gasteiger partial charge in [0.2, 0.25) is 6.54 Å². The first kappa shape index (κ1) is 15.3. The van der Waals surface area contributed by atoms with Crippen molar-refractivity contribution in [3.63, 3.8) is 0 Å². The van der Waals surface area contributed by atoms with Crippen LogP contribution in [0.3, 0.4) is 0 Å². The minimum Gasteiger partial charge on any atom is -0.486 e. The molecular formula is C18H21N2O3+. The van der Waals surface area contributed by atoms with E-state index in [1.165, 1.54) is 5.56 Å². The number of nitrogens with one attached hydrogen (secondary N) is 1. The molecule has 1 aliphatic heterocycles. The van der Waals surface area contributed by atoms with E-state index >= 15 is 0 Å². The van der Waals surface area contributed by atoms with E-state index in [0.717, 1.165) is 17.9 Å². The van der Waals surface area contributed by atoms with E-state index < -0.39 is 0 Å². The van der Waals surface area contributed by atoms with Crippen molar-refractivity contribution in [1.82, 2.24) is 0 Å². The molecule has 5 heteroatoms. The van der Waals surface area contributed by atoms with Crippen LogP contribution in [0.2, 0.25) is 0 Å². The van der Waals surface area contributed by atoms with Gasteiger partial charge in [-0.2, -0.15) is 4.57 Å². The summed E-state index contributed by atoms with van der Waals surface area (Å²) >= 11 is 0. The zero-order valence-electron chi connectivity index (χ0n) is 13.5. The number of anilines is 1. The van der Waals surface area contributed by atoms with Gasteiger partial charge in [-0.25, -0.2) is 0 Å². The molecule has 3 rings (SSSR count). The minimum atomic E-state index is -0.0666. The predicted molar refractivity (Wildman–Crippen MR) is 86.8 cm³/mol. The molecule has 0 radical (unpaired) electrons. The molecule has 1 aromatic carbocycles. The van der Waals surface area contributed by atoms with E-state index in [-0.39, 0.29) is 12.5 Å². The molecule has 0 atom stereocenters. The molecule has 23 heavy (non-hydrogen) atoms. The van der Waals surface area contributed by atoms with Crippen LogP contribution in [0.4, 0.5) is 5.69 Å². The number of amides is 1. The molecule has 1 aliphatic rings. The number of ether oxygens (including phenoxy) is 2. The quantitative estimate of drug-likeness (QED) is 0.881. The van der Waals surface area contributed by atoms with Gasteiger partial charge in [0.25, 0.3) is 5.91 Å². The normalized spacial score (nSPS) is 12.8. The summed E-state index contributed by atoms with van der Waals surface area (Å²) in [6.45, 7) is 5.47. The number of carbonyl (C=O) groups excluding carboxylic acids is 1. The standard InChI is InChI=1S/C18H20N2O3/c1-3-14-5-4-13(2)20(11-14)12-18(21)19-15-6-7-16-17(10-15)23-9-8-22-16/h4-7,10-11H,3,8-9,12H2,1-2H3/p+1. The molecule has 120 valence electrons. The molecule has 2 heterocycles. The summed E-state index contributed by atoms with van der Waals surface area (Å²) in [5, 5.41) is 2.91. The van der Waals surface area contributed by atoms with E-state index in [4.69, 9.17) is 9.47 Å². The molecule has 0 fully saturated rings. The number of hydrogen-bond donors (Lipinski definition) is 1. The smallest absolute Gasteiger partial charge is 0.290 e. The van der Waals surface area contributed by atoms with Gasteiger partial charge in [0.05, 0.1) is 0 Å². The summed E-state index contributed by atoms with van der Waals surface area (Å²) in [6.07, 6.45) is 2.97. The van der Waals surface area contributed by atoms with Gasteiger partial charge in [0.1, 0.15) is 13.2 Å². The van der Waals surface area contributed by atoms with Crippen molar-refractivity contribution in [2.45, 2.75) is 26.8 Å². The molecule has 5 nitrogen and oxygen atoms in total. The van der Waals surface area contributed by atoms with E-state index in [1.807, 2.05) is 35.9 Å². The molecule has 1 amide bonds. The lowest BCUT2D eigenvalue weighted by Gasteiger charge is -2.18. The fraction of sp³-hybridized carbons (Fsp3) is 0.333. The average molecular weight is 313 g/mol. The highest BCUT2D eigenvalue weighted by Crippen LogP contribution is 2.32. The van der Waals surface area contributed by atoms with E-state index in [0.29, 0.717) is 24.7 Å². The fourth-order valence-electron chi connectivity index (χ4n) is 2.52. The van der Waals surface area contributed by atoms with Crippen LogP contribution in [0.15, 0.2) is 36.5 Å². The molecular weight excluding hydrogens is 292 g/mol. The Bertz CT molecular complexity index is 728. The summed E-state index contributed by atoms with van der Waals surface area (Å²) < 4.78 is 13.0. The third-order valence-electron chi connectivity index (χ3n) is 3.86. The molecule has 0 spiro atoms. The monoisotopic (exact) mass is 313 g/mol. The Morgan fingerprint density at radius 2 is 1.96 bits per heavy atom. The van der Waals surface area contributed by atoms with Gasteiger partial charge in [-0.05, 0) is 24.6 Å². The number of aromatic nitrogens is 1. The van der Waals surface area contributed by atoms with Gasteiger partial charge in [-0.3, -0.25) is 4.79 Å². The lowest BCUT2D eigenvalue weighted by Crippen LogP contribution is -2.43. The van der Waals surface area contributed by atoms with E-state index in [1.54, 1.807) is 6.07 Å². The van der Waals surface area contributed by atoms with Gasteiger partial charge in [-0.1, -0.05) is 6.92 Å². The number of hydrogen-bond acceptors (Lipinski definition) is 3. The first-order valence-electron chi connectivity index (χ1n) is 7.84. The van der Waals surface area contributed by atoms with Crippen molar-refractivity contribution in [3.05, 3.63) is 47.8 Å². The molecule has 0 aliphatic carbocycles. The van der Waals surface area contributed by atoms with Crippen LogP contribution in [0.1, 0.15) is 18.2 Å². The molecule has 0 saturated heterocycles. The lowest BCUT2D eigenvalue weighted by atomic mass is 10.2. The van der Waals surface area contributed by atoms with Crippen molar-refractivity contribution in [1.29, 1.82) is 0 Å². The highest BCUT2D eigenvalue weighted by atomic mass is 16.6. The number of fused-ring (bicyclic) bond motifs is 1. The van der Waals surface area contributed by atoms with Crippen LogP contribution in [0, 0.1) is 6.92 Å². The SMILES string of the molecule is CCc1ccc(C)[n+](CC(=O)Nc2ccc3c(c2)OCCO3)c1. The molecule has 0 bridgehead atoms. The lowest BCUT2D eigenvalue weighted by molar-refractivity contribution is -0.690. The van der Waals surface area contributed by atoms with Gasteiger partial charge in [-0.15, -0.1) is 0 Å². The summed E-state index contributed by atoms with van der Waals surface area (Å²) in [6, 6.07) is 9.57. The Hall–Kier alpha value is -2.56. The first-order chi connectivity index (χ1) is 11.2. The van der Waals surface area contributed by atoms with Crippen molar-refractivity contribution in [3.8, 4) is 11.5 Å². The Kier molecular flexibility index (Phi) is 4.46.